The van der Waals surface area contributed by atoms with Gasteiger partial charge in [-0.3, -0.25) is 0 Å². The van der Waals surface area contributed by atoms with Gasteiger partial charge in [-0.15, -0.1) is 0 Å². The molecule has 0 saturated carbocycles. The van der Waals surface area contributed by atoms with E-state index in [2.05, 4.69) is 5.32 Å². The summed E-state index contributed by atoms with van der Waals surface area (Å²) in [6.07, 6.45) is 0.276. The standard InChI is InChI=1S/C13H18N2O5S/c1-15(2)21(18,19)11-6-4-3-5-10(11)14-13(12(16)17)7-8-20-9-13/h3-6,14H,7-9H2,1-2H3,(H,16,17). The number of hydrogen-bond donors (Lipinski definition) is 2. The first kappa shape index (κ1) is 15.7. The summed E-state index contributed by atoms with van der Waals surface area (Å²) in [5.74, 6) is -1.06. The Labute approximate surface area is 123 Å². The number of nitrogens with one attached hydrogen (secondary N) is 1. The Morgan fingerprint density at radius 3 is 2.57 bits per heavy atom. The fourth-order valence-corrected chi connectivity index (χ4v) is 3.18. The number of anilines is 1. The van der Waals surface area contributed by atoms with Gasteiger partial charge in [0.05, 0.1) is 12.3 Å². The van der Waals surface area contributed by atoms with E-state index in [0.717, 1.165) is 4.31 Å². The molecule has 1 fully saturated rings. The number of ether oxygens (including phenoxy) is 1. The van der Waals surface area contributed by atoms with E-state index in [4.69, 9.17) is 4.74 Å². The number of carboxylic acid groups (broad SMARTS) is 1. The van der Waals surface area contributed by atoms with Gasteiger partial charge in [-0.1, -0.05) is 12.1 Å². The number of aliphatic carboxylic acids is 1. The first-order valence-corrected chi connectivity index (χ1v) is 7.84. The number of hydrogen-bond acceptors (Lipinski definition) is 5. The molecule has 1 aromatic rings. The third kappa shape index (κ3) is 2.87. The Hall–Kier alpha value is -1.64. The van der Waals surface area contributed by atoms with Crippen LogP contribution in [0.25, 0.3) is 0 Å². The molecule has 1 atom stereocenters. The van der Waals surface area contributed by atoms with E-state index in [1.54, 1.807) is 18.2 Å². The number of nitrogens with zero attached hydrogens (tertiary/aromatic N) is 1. The highest BCUT2D eigenvalue weighted by Gasteiger charge is 2.43. The second-order valence-corrected chi connectivity index (χ2v) is 7.22. The van der Waals surface area contributed by atoms with Gasteiger partial charge in [0.1, 0.15) is 4.90 Å². The highest BCUT2D eigenvalue weighted by Crippen LogP contribution is 2.30. The van der Waals surface area contributed by atoms with Crippen molar-refractivity contribution in [2.45, 2.75) is 16.9 Å². The van der Waals surface area contributed by atoms with Gasteiger partial charge in [0.15, 0.2) is 5.54 Å². The number of benzene rings is 1. The summed E-state index contributed by atoms with van der Waals surface area (Å²) in [7, 11) is -0.808. The molecular formula is C13H18N2O5S. The lowest BCUT2D eigenvalue weighted by atomic mass is 9.98. The molecule has 0 aromatic heterocycles. The molecule has 0 amide bonds. The Kier molecular flexibility index (Phi) is 4.22. The van der Waals surface area contributed by atoms with Gasteiger partial charge in [0.25, 0.3) is 0 Å². The zero-order valence-electron chi connectivity index (χ0n) is 11.9. The molecule has 21 heavy (non-hydrogen) atoms. The maximum absolute atomic E-state index is 12.3. The summed E-state index contributed by atoms with van der Waals surface area (Å²) < 4.78 is 30.9. The van der Waals surface area contributed by atoms with Crippen LogP contribution in [0.1, 0.15) is 6.42 Å². The minimum absolute atomic E-state index is 0.00131. The van der Waals surface area contributed by atoms with Crippen LogP contribution in [-0.2, 0) is 19.6 Å². The Bertz CT molecular complexity index is 636. The van der Waals surface area contributed by atoms with Crippen LogP contribution in [0.4, 0.5) is 5.69 Å². The van der Waals surface area contributed by atoms with Gasteiger partial charge < -0.3 is 15.2 Å². The van der Waals surface area contributed by atoms with Crippen molar-refractivity contribution in [1.29, 1.82) is 0 Å². The summed E-state index contributed by atoms with van der Waals surface area (Å²) in [6.45, 7) is 0.320. The zero-order chi connectivity index (χ0) is 15.7. The van der Waals surface area contributed by atoms with Gasteiger partial charge in [0, 0.05) is 27.1 Å². The molecule has 2 rings (SSSR count). The van der Waals surface area contributed by atoms with E-state index in [0.29, 0.717) is 6.61 Å². The van der Waals surface area contributed by atoms with E-state index in [1.807, 2.05) is 0 Å². The predicted molar refractivity (Wildman–Crippen MR) is 76.7 cm³/mol. The molecule has 0 spiro atoms. The van der Waals surface area contributed by atoms with Gasteiger partial charge in [-0.2, -0.15) is 0 Å². The summed E-state index contributed by atoms with van der Waals surface area (Å²) >= 11 is 0. The summed E-state index contributed by atoms with van der Waals surface area (Å²) in [4.78, 5) is 11.6. The number of para-hydroxylation sites is 1. The van der Waals surface area contributed by atoms with Gasteiger partial charge >= 0.3 is 5.97 Å². The number of carbonyl (C=O) groups is 1. The highest BCUT2D eigenvalue weighted by molar-refractivity contribution is 7.89. The Balaban J connectivity index is 2.44. The quantitative estimate of drug-likeness (QED) is 0.826. The number of rotatable bonds is 5. The molecule has 0 radical (unpaired) electrons. The average molecular weight is 314 g/mol. The molecule has 1 saturated heterocycles. The van der Waals surface area contributed by atoms with Crippen molar-refractivity contribution in [3.05, 3.63) is 24.3 Å². The molecule has 1 aromatic carbocycles. The highest BCUT2D eigenvalue weighted by atomic mass is 32.2. The monoisotopic (exact) mass is 314 g/mol. The molecule has 1 aliphatic rings. The van der Waals surface area contributed by atoms with Crippen LogP contribution in [0.3, 0.4) is 0 Å². The Morgan fingerprint density at radius 2 is 2.05 bits per heavy atom. The van der Waals surface area contributed by atoms with Crippen LogP contribution < -0.4 is 5.32 Å². The summed E-state index contributed by atoms with van der Waals surface area (Å²) in [5.41, 5.74) is -1.03. The summed E-state index contributed by atoms with van der Waals surface area (Å²) in [6, 6.07) is 6.25. The maximum atomic E-state index is 12.3. The van der Waals surface area contributed by atoms with Crippen LogP contribution in [-0.4, -0.2) is 56.6 Å². The molecular weight excluding hydrogens is 296 g/mol. The van der Waals surface area contributed by atoms with E-state index in [9.17, 15) is 18.3 Å². The van der Waals surface area contributed by atoms with Crippen molar-refractivity contribution in [2.75, 3.05) is 32.6 Å². The van der Waals surface area contributed by atoms with E-state index in [-0.39, 0.29) is 23.6 Å². The van der Waals surface area contributed by atoms with E-state index in [1.165, 1.54) is 20.2 Å². The maximum Gasteiger partial charge on any atom is 0.331 e. The van der Waals surface area contributed by atoms with Crippen molar-refractivity contribution in [1.82, 2.24) is 4.31 Å². The predicted octanol–water partition coefficient (Wildman–Crippen LogP) is 0.592. The molecule has 7 nitrogen and oxygen atoms in total. The van der Waals surface area contributed by atoms with Crippen LogP contribution >= 0.6 is 0 Å². The molecule has 0 aliphatic carbocycles. The Morgan fingerprint density at radius 1 is 1.38 bits per heavy atom. The molecule has 2 N–H and O–H groups in total. The second-order valence-electron chi connectivity index (χ2n) is 5.10. The van der Waals surface area contributed by atoms with Crippen molar-refractivity contribution in [3.8, 4) is 0 Å². The lowest BCUT2D eigenvalue weighted by molar-refractivity contribution is -0.142. The third-order valence-electron chi connectivity index (χ3n) is 3.45. The van der Waals surface area contributed by atoms with Gasteiger partial charge in [0.2, 0.25) is 10.0 Å². The SMILES string of the molecule is CN(C)S(=O)(=O)c1ccccc1NC1(C(=O)O)CCOC1. The van der Waals surface area contributed by atoms with Crippen LogP contribution in [0.2, 0.25) is 0 Å². The molecule has 0 bridgehead atoms. The van der Waals surface area contributed by atoms with Crippen molar-refractivity contribution < 1.29 is 23.1 Å². The minimum atomic E-state index is -3.66. The third-order valence-corrected chi connectivity index (χ3v) is 5.32. The molecule has 8 heteroatoms. The molecule has 1 heterocycles. The largest absolute Gasteiger partial charge is 0.479 e. The fraction of sp³-hybridized carbons (Fsp3) is 0.462. The van der Waals surface area contributed by atoms with E-state index < -0.39 is 21.5 Å². The van der Waals surface area contributed by atoms with Crippen LogP contribution in [0.15, 0.2) is 29.2 Å². The first-order chi connectivity index (χ1) is 9.79. The fourth-order valence-electron chi connectivity index (χ4n) is 2.14. The lowest BCUT2D eigenvalue weighted by Crippen LogP contribution is -2.47. The first-order valence-electron chi connectivity index (χ1n) is 6.40. The number of carboxylic acids is 1. The number of sulfonamides is 1. The molecule has 116 valence electrons. The molecule has 1 aliphatic heterocycles. The smallest absolute Gasteiger partial charge is 0.331 e. The minimum Gasteiger partial charge on any atom is -0.479 e. The zero-order valence-corrected chi connectivity index (χ0v) is 12.7. The van der Waals surface area contributed by atoms with Gasteiger partial charge in [-0.25, -0.2) is 17.5 Å². The topological polar surface area (TPSA) is 95.9 Å². The van der Waals surface area contributed by atoms with Crippen LogP contribution in [0, 0.1) is 0 Å². The van der Waals surface area contributed by atoms with E-state index >= 15 is 0 Å². The lowest BCUT2D eigenvalue weighted by Gasteiger charge is -2.26. The van der Waals surface area contributed by atoms with Crippen LogP contribution in [0.5, 0.6) is 0 Å². The van der Waals surface area contributed by atoms with Crippen molar-refractivity contribution in [3.63, 3.8) is 0 Å². The van der Waals surface area contributed by atoms with Crippen molar-refractivity contribution in [2.24, 2.45) is 0 Å². The second kappa shape index (κ2) is 5.63. The normalized spacial score (nSPS) is 22.4. The average Bonchev–Trinajstić information content (AvgIpc) is 2.89. The van der Waals surface area contributed by atoms with Crippen molar-refractivity contribution >= 4 is 21.7 Å². The molecule has 1 unspecified atom stereocenters. The summed E-state index contributed by atoms with van der Waals surface area (Å²) in [5, 5.41) is 12.3. The van der Waals surface area contributed by atoms with Gasteiger partial charge in [-0.05, 0) is 12.1 Å².